The number of hydrogen-bond donors (Lipinski definition) is 2. The molecule has 0 aliphatic heterocycles. The fourth-order valence-corrected chi connectivity index (χ4v) is 5.41. The first-order valence-corrected chi connectivity index (χ1v) is 15.2. The normalized spacial score (nSPS) is 15.8. The summed E-state index contributed by atoms with van der Waals surface area (Å²) in [6.45, 7) is 4.53. The second-order valence-electron chi connectivity index (χ2n) is 10.8. The summed E-state index contributed by atoms with van der Waals surface area (Å²) in [4.78, 5) is 22.0. The van der Waals surface area contributed by atoms with Crippen LogP contribution in [0.5, 0.6) is 0 Å². The van der Waals surface area contributed by atoms with Gasteiger partial charge in [0.05, 0.1) is 32.7 Å². The van der Waals surface area contributed by atoms with Gasteiger partial charge in [-0.15, -0.1) is 0 Å². The van der Waals surface area contributed by atoms with E-state index in [1.807, 2.05) is 21.1 Å². The molecule has 198 valence electrons. The maximum absolute atomic E-state index is 12.6. The Morgan fingerprint density at radius 2 is 1.21 bits per heavy atom. The molecule has 0 aliphatic carbocycles. The molecule has 0 fully saturated rings. The van der Waals surface area contributed by atoms with Crippen molar-refractivity contribution in [3.05, 3.63) is 0 Å². The number of aliphatic carboxylic acids is 1. The number of nitrogens with zero attached hydrogens (tertiary/aromatic N) is 1. The van der Waals surface area contributed by atoms with Crippen LogP contribution < -0.4 is 0 Å². The summed E-state index contributed by atoms with van der Waals surface area (Å²) in [5.74, 6) is -1.84. The summed E-state index contributed by atoms with van der Waals surface area (Å²) in [5, 5.41) is 9.59. The van der Waals surface area contributed by atoms with Gasteiger partial charge in [0.25, 0.3) is 0 Å². The van der Waals surface area contributed by atoms with Gasteiger partial charge in [0.1, 0.15) is 13.2 Å². The number of carboxylic acid groups (broad SMARTS) is 1. The van der Waals surface area contributed by atoms with Crippen LogP contribution >= 0.6 is 7.60 Å². The quantitative estimate of drug-likeness (QED) is 0.0892. The van der Waals surface area contributed by atoms with E-state index >= 15 is 0 Å². The Labute approximate surface area is 204 Å². The molecule has 33 heavy (non-hydrogen) atoms. The van der Waals surface area contributed by atoms with Gasteiger partial charge in [0, 0.05) is 0 Å². The van der Waals surface area contributed by atoms with Crippen molar-refractivity contribution in [3.63, 3.8) is 0 Å². The molecule has 0 saturated carbocycles. The van der Waals surface area contributed by atoms with Gasteiger partial charge in [-0.05, 0) is 6.42 Å². The SMILES string of the molecule is CCCCCCCCCCCCCCCCCC(C(=O)O)C(C)P(=O)(O)OCC[N+](C)(C)C. The zero-order valence-electron chi connectivity index (χ0n) is 22.4. The number of quaternary nitrogens is 1. The van der Waals surface area contributed by atoms with Crippen molar-refractivity contribution in [1.82, 2.24) is 0 Å². The lowest BCUT2D eigenvalue weighted by molar-refractivity contribution is -0.870. The zero-order chi connectivity index (χ0) is 25.2. The van der Waals surface area contributed by atoms with Crippen molar-refractivity contribution < 1.29 is 28.4 Å². The number of unbranched alkanes of at least 4 members (excludes halogenated alkanes) is 14. The van der Waals surface area contributed by atoms with Crippen LogP contribution in [0.4, 0.5) is 0 Å². The van der Waals surface area contributed by atoms with Crippen LogP contribution in [0.1, 0.15) is 117 Å². The van der Waals surface area contributed by atoms with E-state index in [2.05, 4.69) is 6.92 Å². The van der Waals surface area contributed by atoms with Gasteiger partial charge in [-0.1, -0.05) is 110 Å². The van der Waals surface area contributed by atoms with Crippen molar-refractivity contribution in [3.8, 4) is 0 Å². The molecule has 0 saturated heterocycles. The summed E-state index contributed by atoms with van der Waals surface area (Å²) in [6.07, 6.45) is 19.3. The lowest BCUT2D eigenvalue weighted by atomic mass is 9.97. The minimum atomic E-state index is -3.96. The molecule has 0 aliphatic rings. The molecule has 0 amide bonds. The lowest BCUT2D eigenvalue weighted by Gasteiger charge is -2.27. The highest BCUT2D eigenvalue weighted by Crippen LogP contribution is 2.51. The van der Waals surface area contributed by atoms with Gasteiger partial charge in [-0.2, -0.15) is 0 Å². The van der Waals surface area contributed by atoms with Crippen molar-refractivity contribution in [2.75, 3.05) is 34.3 Å². The highest BCUT2D eigenvalue weighted by molar-refractivity contribution is 7.53. The van der Waals surface area contributed by atoms with Crippen LogP contribution in [0.15, 0.2) is 0 Å². The molecular weight excluding hydrogens is 437 g/mol. The first-order chi connectivity index (χ1) is 15.5. The maximum Gasteiger partial charge on any atom is 0.331 e. The van der Waals surface area contributed by atoms with E-state index in [0.29, 0.717) is 17.4 Å². The molecule has 0 bridgehead atoms. The van der Waals surface area contributed by atoms with Gasteiger partial charge >= 0.3 is 13.6 Å². The number of carboxylic acids is 1. The van der Waals surface area contributed by atoms with Gasteiger partial charge in [-0.3, -0.25) is 9.36 Å². The number of hydrogen-bond acceptors (Lipinski definition) is 3. The molecule has 7 heteroatoms. The van der Waals surface area contributed by atoms with Crippen LogP contribution in [-0.2, 0) is 13.9 Å². The minimum Gasteiger partial charge on any atom is -0.481 e. The summed E-state index contributed by atoms with van der Waals surface area (Å²) in [6, 6.07) is 0. The highest BCUT2D eigenvalue weighted by atomic mass is 31.2. The molecule has 0 aromatic carbocycles. The van der Waals surface area contributed by atoms with E-state index in [1.165, 1.54) is 84.0 Å². The molecule has 0 aromatic heterocycles. The second kappa shape index (κ2) is 18.9. The lowest BCUT2D eigenvalue weighted by Crippen LogP contribution is -2.37. The average Bonchev–Trinajstić information content (AvgIpc) is 2.71. The van der Waals surface area contributed by atoms with Crippen molar-refractivity contribution in [1.29, 1.82) is 0 Å². The molecule has 0 rings (SSSR count). The molecule has 2 N–H and O–H groups in total. The third kappa shape index (κ3) is 18.6. The first kappa shape index (κ1) is 32.6. The van der Waals surface area contributed by atoms with Crippen molar-refractivity contribution in [2.45, 2.75) is 122 Å². The maximum atomic E-state index is 12.6. The Hall–Kier alpha value is -0.420. The van der Waals surface area contributed by atoms with Crippen LogP contribution in [0.25, 0.3) is 0 Å². The molecule has 6 nitrogen and oxygen atoms in total. The summed E-state index contributed by atoms with van der Waals surface area (Å²) < 4.78 is 18.4. The van der Waals surface area contributed by atoms with Gasteiger partial charge in [0.15, 0.2) is 0 Å². The van der Waals surface area contributed by atoms with E-state index in [1.54, 1.807) is 0 Å². The fourth-order valence-electron chi connectivity index (χ4n) is 4.10. The Balaban J connectivity index is 3.90. The van der Waals surface area contributed by atoms with Crippen LogP contribution in [-0.4, -0.2) is 60.4 Å². The number of rotatable bonds is 23. The van der Waals surface area contributed by atoms with Gasteiger partial charge < -0.3 is 19.0 Å². The zero-order valence-corrected chi connectivity index (χ0v) is 23.3. The third-order valence-corrected chi connectivity index (χ3v) is 8.51. The topological polar surface area (TPSA) is 83.8 Å². The molecule has 3 atom stereocenters. The van der Waals surface area contributed by atoms with E-state index in [9.17, 15) is 19.4 Å². The molecule has 0 heterocycles. The summed E-state index contributed by atoms with van der Waals surface area (Å²) in [5.41, 5.74) is -0.894. The van der Waals surface area contributed by atoms with Crippen LogP contribution in [0.3, 0.4) is 0 Å². The third-order valence-electron chi connectivity index (χ3n) is 6.57. The smallest absolute Gasteiger partial charge is 0.331 e. The van der Waals surface area contributed by atoms with Crippen molar-refractivity contribution in [2.24, 2.45) is 5.92 Å². The van der Waals surface area contributed by atoms with Crippen LogP contribution in [0.2, 0.25) is 0 Å². The average molecular weight is 493 g/mol. The van der Waals surface area contributed by atoms with E-state index in [-0.39, 0.29) is 6.61 Å². The first-order valence-electron chi connectivity index (χ1n) is 13.5. The summed E-state index contributed by atoms with van der Waals surface area (Å²) >= 11 is 0. The van der Waals surface area contributed by atoms with E-state index < -0.39 is 25.1 Å². The Bertz CT molecular complexity index is 535. The molecule has 3 unspecified atom stereocenters. The largest absolute Gasteiger partial charge is 0.481 e. The van der Waals surface area contributed by atoms with E-state index in [4.69, 9.17) is 4.52 Å². The number of likely N-dealkylation sites (N-methyl/N-ethyl adjacent to an activating group) is 1. The Kier molecular flexibility index (Phi) is 18.6. The summed E-state index contributed by atoms with van der Waals surface area (Å²) in [7, 11) is 1.97. The Morgan fingerprint density at radius 3 is 1.58 bits per heavy atom. The second-order valence-corrected chi connectivity index (χ2v) is 13.0. The Morgan fingerprint density at radius 1 is 0.818 bits per heavy atom. The van der Waals surface area contributed by atoms with E-state index in [0.717, 1.165) is 19.3 Å². The van der Waals surface area contributed by atoms with Crippen LogP contribution in [0, 0.1) is 5.92 Å². The monoisotopic (exact) mass is 492 g/mol. The highest BCUT2D eigenvalue weighted by Gasteiger charge is 2.38. The van der Waals surface area contributed by atoms with Gasteiger partial charge in [-0.25, -0.2) is 0 Å². The fraction of sp³-hybridized carbons (Fsp3) is 0.962. The minimum absolute atomic E-state index is 0.146. The predicted molar refractivity (Wildman–Crippen MR) is 139 cm³/mol. The molecular formula is C26H55NO5P+. The predicted octanol–water partition coefficient (Wildman–Crippen LogP) is 7.25. The molecule has 0 spiro atoms. The molecule has 0 radical (unpaired) electrons. The number of carbonyl (C=O) groups is 1. The van der Waals surface area contributed by atoms with Crippen molar-refractivity contribution >= 4 is 13.6 Å². The van der Waals surface area contributed by atoms with Gasteiger partial charge in [0.2, 0.25) is 0 Å². The molecule has 0 aromatic rings. The standard InChI is InChI=1S/C26H54NO5P/c1-6-7-8-9-10-11-12-13-14-15-16-17-18-19-20-21-25(26(28)29)24(2)33(30,31)32-23-22-27(3,4)5/h24-25H,6-23H2,1-5H3,(H-,28,29,30,31)/p+1.